The van der Waals surface area contributed by atoms with Crippen molar-refractivity contribution in [3.63, 3.8) is 0 Å². The highest BCUT2D eigenvalue weighted by atomic mass is 16.3. The first-order valence-corrected chi connectivity index (χ1v) is 39.7. The second kappa shape index (κ2) is 28.0. The molecule has 550 valence electrons. The highest BCUT2D eigenvalue weighted by Crippen LogP contribution is 2.48. The van der Waals surface area contributed by atoms with Gasteiger partial charge in [-0.25, -0.2) is 29.9 Å². The van der Waals surface area contributed by atoms with Crippen LogP contribution in [-0.4, -0.2) is 39.0 Å². The van der Waals surface area contributed by atoms with Crippen LogP contribution in [0.3, 0.4) is 0 Å². The Balaban J connectivity index is 0.000000138. The van der Waals surface area contributed by atoms with Gasteiger partial charge in [0, 0.05) is 76.8 Å². The molecule has 0 unspecified atom stereocenters. The number of hydrogen-bond donors (Lipinski definition) is 0. The van der Waals surface area contributed by atoms with E-state index in [0.717, 1.165) is 133 Å². The van der Waals surface area contributed by atoms with Gasteiger partial charge in [0.15, 0.2) is 34.9 Å². The number of para-hydroxylation sites is 3. The Morgan fingerprint density at radius 2 is 0.559 bits per heavy atom. The third kappa shape index (κ3) is 11.6. The minimum absolute atomic E-state index is 0.606. The van der Waals surface area contributed by atoms with Gasteiger partial charge < -0.3 is 18.0 Å². The van der Waals surface area contributed by atoms with E-state index in [2.05, 4.69) is 306 Å². The topological polar surface area (TPSA) is 113 Å². The molecule has 0 amide bonds. The highest BCUT2D eigenvalue weighted by molar-refractivity contribution is 6.24. The van der Waals surface area contributed by atoms with Crippen molar-refractivity contribution in [3.8, 4) is 113 Å². The molecular formula is C108H66N8O2. The van der Waals surface area contributed by atoms with E-state index in [1.807, 2.05) is 103 Å². The van der Waals surface area contributed by atoms with E-state index in [0.29, 0.717) is 34.9 Å². The van der Waals surface area contributed by atoms with Gasteiger partial charge in [0.05, 0.1) is 44.2 Å². The van der Waals surface area contributed by atoms with Gasteiger partial charge in [-0.3, -0.25) is 0 Å². The molecule has 0 saturated carbocycles. The molecule has 0 aliphatic rings. The Morgan fingerprint density at radius 1 is 0.178 bits per heavy atom. The van der Waals surface area contributed by atoms with E-state index in [4.69, 9.17) is 38.7 Å². The lowest BCUT2D eigenvalue weighted by Crippen LogP contribution is -2.00. The summed E-state index contributed by atoms with van der Waals surface area (Å²) in [5.41, 5.74) is 22.1. The van der Waals surface area contributed by atoms with Crippen LogP contribution in [0.5, 0.6) is 0 Å². The Bertz CT molecular complexity index is 8060. The summed E-state index contributed by atoms with van der Waals surface area (Å²) in [6.45, 7) is 0. The monoisotopic (exact) mass is 1510 g/mol. The third-order valence-corrected chi connectivity index (χ3v) is 23.1. The number of aromatic nitrogens is 8. The smallest absolute Gasteiger partial charge is 0.164 e. The maximum absolute atomic E-state index is 6.89. The van der Waals surface area contributed by atoms with E-state index in [1.54, 1.807) is 0 Å². The lowest BCUT2D eigenvalue weighted by Gasteiger charge is -2.13. The molecule has 0 aliphatic heterocycles. The number of furan rings is 2. The van der Waals surface area contributed by atoms with Gasteiger partial charge in [0.1, 0.15) is 22.3 Å². The molecule has 0 aliphatic carbocycles. The molecule has 24 aromatic rings. The normalized spacial score (nSPS) is 11.7. The molecule has 10 heteroatoms. The van der Waals surface area contributed by atoms with Gasteiger partial charge in [-0.2, -0.15) is 0 Å². The Hall–Kier alpha value is -16.0. The molecule has 6 heterocycles. The predicted molar refractivity (Wildman–Crippen MR) is 484 cm³/mol. The van der Waals surface area contributed by atoms with Crippen LogP contribution in [0.4, 0.5) is 0 Å². The van der Waals surface area contributed by atoms with Gasteiger partial charge in [0.2, 0.25) is 0 Å². The SMILES string of the molecule is c1ccc(-c2ccc3c(c2)c2c4ccccc4ccc2n3-c2ccc(-c3cccc(-c4nc(-c5ccccc5)nc(-c5ccccc5)n4)c3)c3oc4ccccc4c23)cc1.c1ccc(-c2nc(-c3ccc(-c4ccc(-n5c6ccccc6c6cc7ccccc7cc65)c5c4oc4ccccc45)cc3)nc(-c3ccc4ccccc4c3)n2)cc1. The van der Waals surface area contributed by atoms with Crippen LogP contribution in [0.15, 0.2) is 409 Å². The summed E-state index contributed by atoms with van der Waals surface area (Å²) in [4.78, 5) is 30.0. The molecule has 10 nitrogen and oxygen atoms in total. The van der Waals surface area contributed by atoms with Crippen molar-refractivity contribution in [3.05, 3.63) is 400 Å². The summed E-state index contributed by atoms with van der Waals surface area (Å²) in [7, 11) is 0. The first-order valence-electron chi connectivity index (χ1n) is 39.7. The van der Waals surface area contributed by atoms with E-state index in [1.165, 1.54) is 65.1 Å². The van der Waals surface area contributed by atoms with Gasteiger partial charge in [-0.1, -0.05) is 315 Å². The quantitative estimate of drug-likeness (QED) is 0.126. The largest absolute Gasteiger partial charge is 0.455 e. The molecule has 0 N–H and O–H groups in total. The van der Waals surface area contributed by atoms with Crippen LogP contribution >= 0.6 is 0 Å². The lowest BCUT2D eigenvalue weighted by atomic mass is 9.99. The Morgan fingerprint density at radius 3 is 1.14 bits per heavy atom. The average molecular weight is 1510 g/mol. The second-order valence-corrected chi connectivity index (χ2v) is 30.0. The molecule has 24 rings (SSSR count). The molecule has 0 saturated heterocycles. The summed E-state index contributed by atoms with van der Waals surface area (Å²) < 4.78 is 18.5. The van der Waals surface area contributed by atoms with Crippen LogP contribution in [0.25, 0.3) is 233 Å². The number of benzene rings is 18. The van der Waals surface area contributed by atoms with Crippen LogP contribution < -0.4 is 0 Å². The van der Waals surface area contributed by atoms with Crippen molar-refractivity contribution < 1.29 is 8.83 Å². The molecule has 18 aromatic carbocycles. The van der Waals surface area contributed by atoms with Crippen LogP contribution in [0, 0.1) is 0 Å². The zero-order valence-corrected chi connectivity index (χ0v) is 63.5. The average Bonchev–Trinajstić information content (AvgIpc) is 1.56. The molecule has 0 fully saturated rings. The number of nitrogens with zero attached hydrogens (tertiary/aromatic N) is 8. The van der Waals surface area contributed by atoms with Crippen molar-refractivity contribution in [2.75, 3.05) is 0 Å². The number of hydrogen-bond acceptors (Lipinski definition) is 8. The Labute approximate surface area is 676 Å². The summed E-state index contributed by atoms with van der Waals surface area (Å²) >= 11 is 0. The van der Waals surface area contributed by atoms with Crippen LogP contribution in [0.2, 0.25) is 0 Å². The van der Waals surface area contributed by atoms with E-state index in [-0.39, 0.29) is 0 Å². The van der Waals surface area contributed by atoms with E-state index in [9.17, 15) is 0 Å². The highest BCUT2D eigenvalue weighted by Gasteiger charge is 2.26. The third-order valence-electron chi connectivity index (χ3n) is 23.1. The first-order chi connectivity index (χ1) is 58.5. The van der Waals surface area contributed by atoms with Gasteiger partial charge in [-0.05, 0) is 140 Å². The summed E-state index contributed by atoms with van der Waals surface area (Å²) in [5.74, 6) is 3.75. The van der Waals surface area contributed by atoms with Crippen molar-refractivity contribution in [1.82, 2.24) is 39.0 Å². The first kappa shape index (κ1) is 67.6. The minimum Gasteiger partial charge on any atom is -0.455 e. The van der Waals surface area contributed by atoms with Gasteiger partial charge in [-0.15, -0.1) is 0 Å². The maximum Gasteiger partial charge on any atom is 0.164 e. The van der Waals surface area contributed by atoms with Gasteiger partial charge >= 0.3 is 0 Å². The Kier molecular flexibility index (Phi) is 16.0. The van der Waals surface area contributed by atoms with E-state index < -0.39 is 0 Å². The van der Waals surface area contributed by atoms with Gasteiger partial charge in [0.25, 0.3) is 0 Å². The zero-order valence-electron chi connectivity index (χ0n) is 63.5. The standard InChI is InChI=1S/C55H34N4O.C53H32N4O/c1-4-15-35(16-5-1)39-28-30-46-45(34-39)50-42-24-11-10-17-36(42)27-31-47(50)59(46)48-32-29-43(52-51(48)44-25-12-13-26-49(44)60-52)40-22-14-23-41(33-40)55-57-53(37-18-6-2-7-19-37)56-54(58-55)38-20-8-3-9-21-38;1-2-13-35(14-3-1)51-54-52(56-53(55-51)40-27-22-33-12-4-5-15-37(33)30-40)36-25-23-34(24-26-36)41-28-29-46(49-43-19-9-11-21-48(43)58-50(41)49)57-45-20-10-8-18-42(45)44-31-38-16-6-7-17-39(38)32-47(44)57/h1-34H;1-32H. The van der Waals surface area contributed by atoms with Crippen molar-refractivity contribution in [2.24, 2.45) is 0 Å². The second-order valence-electron chi connectivity index (χ2n) is 30.0. The molecular weight excluding hydrogens is 1440 g/mol. The number of rotatable bonds is 11. The fourth-order valence-electron chi connectivity index (χ4n) is 17.5. The fraction of sp³-hybridized carbons (Fsp3) is 0. The zero-order chi connectivity index (χ0) is 77.7. The van der Waals surface area contributed by atoms with Crippen molar-refractivity contribution in [2.45, 2.75) is 0 Å². The summed E-state index contributed by atoms with van der Waals surface area (Å²) in [6, 6.07) is 140. The predicted octanol–water partition coefficient (Wildman–Crippen LogP) is 28.2. The fourth-order valence-corrected chi connectivity index (χ4v) is 17.5. The molecule has 6 aromatic heterocycles. The minimum atomic E-state index is 0.606. The van der Waals surface area contributed by atoms with Crippen LogP contribution in [-0.2, 0) is 0 Å². The van der Waals surface area contributed by atoms with Crippen molar-refractivity contribution in [1.29, 1.82) is 0 Å². The molecule has 0 radical (unpaired) electrons. The maximum atomic E-state index is 6.89. The lowest BCUT2D eigenvalue weighted by molar-refractivity contribution is 0.669. The van der Waals surface area contributed by atoms with E-state index >= 15 is 0 Å². The molecule has 0 atom stereocenters. The molecule has 0 spiro atoms. The molecule has 0 bridgehead atoms. The van der Waals surface area contributed by atoms with Crippen LogP contribution in [0.1, 0.15) is 0 Å². The summed E-state index contributed by atoms with van der Waals surface area (Å²) in [6.07, 6.45) is 0. The number of fused-ring (bicyclic) bond motifs is 16. The molecule has 118 heavy (non-hydrogen) atoms. The summed E-state index contributed by atoms with van der Waals surface area (Å²) in [5, 5.41) is 16.4. The van der Waals surface area contributed by atoms with Crippen molar-refractivity contribution >= 4 is 120 Å².